The van der Waals surface area contributed by atoms with E-state index in [1.54, 1.807) is 6.07 Å². The van der Waals surface area contributed by atoms with Crippen LogP contribution in [0.4, 0.5) is 11.4 Å². The second-order valence-corrected chi connectivity index (χ2v) is 5.67. The van der Waals surface area contributed by atoms with Crippen molar-refractivity contribution < 1.29 is 0 Å². The molecular weight excluding hydrogens is 282 g/mol. The first-order valence-corrected chi connectivity index (χ1v) is 7.19. The van der Waals surface area contributed by atoms with E-state index in [4.69, 9.17) is 17.3 Å². The van der Waals surface area contributed by atoms with Crippen LogP contribution in [0.2, 0.25) is 5.02 Å². The molecule has 4 heteroatoms. The van der Waals surface area contributed by atoms with Crippen molar-refractivity contribution in [3.63, 3.8) is 0 Å². The Labute approximate surface area is 130 Å². The van der Waals surface area contributed by atoms with Crippen LogP contribution in [-0.2, 0) is 6.54 Å². The van der Waals surface area contributed by atoms with Crippen LogP contribution in [0.25, 0.3) is 0 Å². The molecule has 3 nitrogen and oxygen atoms in total. The highest BCUT2D eigenvalue weighted by Crippen LogP contribution is 2.27. The van der Waals surface area contributed by atoms with Crippen LogP contribution in [0.15, 0.2) is 42.5 Å². The summed E-state index contributed by atoms with van der Waals surface area (Å²) in [4.78, 5) is 2.18. The molecule has 0 aliphatic carbocycles. The van der Waals surface area contributed by atoms with Crippen molar-refractivity contribution in [3.05, 3.63) is 58.6 Å². The first-order valence-electron chi connectivity index (χ1n) is 6.82. The molecule has 21 heavy (non-hydrogen) atoms. The fraction of sp³-hybridized carbons (Fsp3) is 0.235. The minimum Gasteiger partial charge on any atom is -0.399 e. The van der Waals surface area contributed by atoms with Crippen LogP contribution in [0.1, 0.15) is 25.0 Å². The Hall–Kier alpha value is -2.18. The van der Waals surface area contributed by atoms with Gasteiger partial charge in [-0.3, -0.25) is 0 Å². The maximum Gasteiger partial charge on any atom is 0.101 e. The van der Waals surface area contributed by atoms with Crippen LogP contribution < -0.4 is 10.6 Å². The lowest BCUT2D eigenvalue weighted by atomic mass is 10.1. The van der Waals surface area contributed by atoms with Crippen molar-refractivity contribution in [3.8, 4) is 6.07 Å². The van der Waals surface area contributed by atoms with Crippen LogP contribution in [0.3, 0.4) is 0 Å². The molecule has 0 aromatic heterocycles. The second kappa shape index (κ2) is 6.51. The van der Waals surface area contributed by atoms with E-state index in [0.717, 1.165) is 16.9 Å². The number of benzene rings is 2. The van der Waals surface area contributed by atoms with Gasteiger partial charge in [0, 0.05) is 23.3 Å². The number of rotatable bonds is 4. The largest absolute Gasteiger partial charge is 0.399 e. The second-order valence-electron chi connectivity index (χ2n) is 5.24. The molecule has 0 aliphatic heterocycles. The highest BCUT2D eigenvalue weighted by Gasteiger charge is 2.15. The SMILES string of the molecule is CC(C)N(Cc1ccc(N)cc1)c1ccc(Cl)cc1C#N. The van der Waals surface area contributed by atoms with Gasteiger partial charge in [0.1, 0.15) is 6.07 Å². The smallest absolute Gasteiger partial charge is 0.101 e. The highest BCUT2D eigenvalue weighted by atomic mass is 35.5. The lowest BCUT2D eigenvalue weighted by molar-refractivity contribution is 0.682. The zero-order valence-electron chi connectivity index (χ0n) is 12.2. The van der Waals surface area contributed by atoms with E-state index >= 15 is 0 Å². The molecule has 2 aromatic rings. The summed E-state index contributed by atoms with van der Waals surface area (Å²) in [6.07, 6.45) is 0. The summed E-state index contributed by atoms with van der Waals surface area (Å²) in [6.45, 7) is 4.92. The summed E-state index contributed by atoms with van der Waals surface area (Å²) in [7, 11) is 0. The summed E-state index contributed by atoms with van der Waals surface area (Å²) in [5, 5.41) is 9.90. The number of hydrogen-bond acceptors (Lipinski definition) is 3. The van der Waals surface area contributed by atoms with E-state index in [9.17, 15) is 5.26 Å². The van der Waals surface area contributed by atoms with Crippen LogP contribution >= 0.6 is 11.6 Å². The summed E-state index contributed by atoms with van der Waals surface area (Å²) in [5.74, 6) is 0. The topological polar surface area (TPSA) is 53.0 Å². The Morgan fingerprint density at radius 1 is 1.19 bits per heavy atom. The van der Waals surface area contributed by atoms with Crippen LogP contribution in [0, 0.1) is 11.3 Å². The summed E-state index contributed by atoms with van der Waals surface area (Å²) < 4.78 is 0. The van der Waals surface area contributed by atoms with Gasteiger partial charge in [-0.1, -0.05) is 23.7 Å². The number of halogens is 1. The third-order valence-electron chi connectivity index (χ3n) is 3.34. The predicted molar refractivity (Wildman–Crippen MR) is 88.3 cm³/mol. The molecule has 108 valence electrons. The molecule has 0 amide bonds. The third-order valence-corrected chi connectivity index (χ3v) is 3.58. The van der Waals surface area contributed by atoms with Gasteiger partial charge in [-0.05, 0) is 49.7 Å². The fourth-order valence-electron chi connectivity index (χ4n) is 2.21. The van der Waals surface area contributed by atoms with Crippen molar-refractivity contribution in [2.24, 2.45) is 0 Å². The highest BCUT2D eigenvalue weighted by molar-refractivity contribution is 6.30. The molecule has 0 saturated heterocycles. The van der Waals surface area contributed by atoms with Gasteiger partial charge in [-0.25, -0.2) is 0 Å². The van der Waals surface area contributed by atoms with E-state index in [2.05, 4.69) is 24.8 Å². The monoisotopic (exact) mass is 299 g/mol. The number of nitrogen functional groups attached to an aromatic ring is 1. The van der Waals surface area contributed by atoms with Gasteiger partial charge in [0.15, 0.2) is 0 Å². The molecule has 0 aliphatic rings. The summed E-state index contributed by atoms with van der Waals surface area (Å²) in [5.41, 5.74) is 9.10. The molecule has 0 saturated carbocycles. The minimum atomic E-state index is 0.260. The predicted octanol–water partition coefficient (Wildman–Crippen LogP) is 4.21. The van der Waals surface area contributed by atoms with E-state index < -0.39 is 0 Å². The van der Waals surface area contributed by atoms with Gasteiger partial charge in [0.2, 0.25) is 0 Å². The third kappa shape index (κ3) is 3.68. The standard InChI is InChI=1S/C17H18ClN3/c1-12(2)21(11-13-3-6-16(20)7-4-13)17-8-5-15(18)9-14(17)10-19/h3-9,12H,11,20H2,1-2H3. The van der Waals surface area contributed by atoms with Gasteiger partial charge in [-0.2, -0.15) is 5.26 Å². The summed E-state index contributed by atoms with van der Waals surface area (Å²) in [6, 6.07) is 15.7. The van der Waals surface area contributed by atoms with Crippen molar-refractivity contribution in [1.29, 1.82) is 5.26 Å². The molecule has 0 atom stereocenters. The Kier molecular flexibility index (Phi) is 4.72. The first-order chi connectivity index (χ1) is 10.0. The average Bonchev–Trinajstić information content (AvgIpc) is 2.46. The van der Waals surface area contributed by atoms with Crippen LogP contribution in [0.5, 0.6) is 0 Å². The Morgan fingerprint density at radius 3 is 2.43 bits per heavy atom. The van der Waals surface area contributed by atoms with Crippen molar-refractivity contribution >= 4 is 23.0 Å². The van der Waals surface area contributed by atoms with Gasteiger partial charge in [-0.15, -0.1) is 0 Å². The molecule has 0 radical (unpaired) electrons. The minimum absolute atomic E-state index is 0.260. The summed E-state index contributed by atoms with van der Waals surface area (Å²) >= 11 is 5.97. The van der Waals surface area contributed by atoms with Crippen LogP contribution in [-0.4, -0.2) is 6.04 Å². The average molecular weight is 300 g/mol. The molecule has 2 aromatic carbocycles. The van der Waals surface area contributed by atoms with Crippen molar-refractivity contribution in [1.82, 2.24) is 0 Å². The maximum atomic E-state index is 9.32. The molecule has 0 heterocycles. The zero-order chi connectivity index (χ0) is 15.4. The molecule has 2 N–H and O–H groups in total. The van der Waals surface area contributed by atoms with Gasteiger partial charge >= 0.3 is 0 Å². The normalized spacial score (nSPS) is 10.4. The lowest BCUT2D eigenvalue weighted by Crippen LogP contribution is -2.30. The van der Waals surface area contributed by atoms with Gasteiger partial charge < -0.3 is 10.6 Å². The fourth-order valence-corrected chi connectivity index (χ4v) is 2.39. The van der Waals surface area contributed by atoms with E-state index in [1.807, 2.05) is 36.4 Å². The number of nitriles is 1. The maximum absolute atomic E-state index is 9.32. The molecular formula is C17H18ClN3. The molecule has 0 unspecified atom stereocenters. The number of nitrogens with zero attached hydrogens (tertiary/aromatic N) is 2. The van der Waals surface area contributed by atoms with E-state index in [0.29, 0.717) is 17.1 Å². The van der Waals surface area contributed by atoms with Crippen molar-refractivity contribution in [2.45, 2.75) is 26.4 Å². The molecule has 0 bridgehead atoms. The zero-order valence-corrected chi connectivity index (χ0v) is 12.9. The lowest BCUT2D eigenvalue weighted by Gasteiger charge is -2.30. The van der Waals surface area contributed by atoms with Crippen molar-refractivity contribution in [2.75, 3.05) is 10.6 Å². The Balaban J connectivity index is 2.36. The molecule has 0 spiro atoms. The van der Waals surface area contributed by atoms with E-state index in [1.165, 1.54) is 0 Å². The quantitative estimate of drug-likeness (QED) is 0.860. The van der Waals surface area contributed by atoms with E-state index in [-0.39, 0.29) is 6.04 Å². The van der Waals surface area contributed by atoms with Gasteiger partial charge in [0.25, 0.3) is 0 Å². The number of hydrogen-bond donors (Lipinski definition) is 1. The Bertz CT molecular complexity index is 657. The first kappa shape index (κ1) is 15.2. The number of nitrogens with two attached hydrogens (primary N) is 1. The van der Waals surface area contributed by atoms with Gasteiger partial charge in [0.05, 0.1) is 11.3 Å². The Morgan fingerprint density at radius 2 is 1.86 bits per heavy atom. The molecule has 0 fully saturated rings. The number of anilines is 2. The molecule has 2 rings (SSSR count).